The van der Waals surface area contributed by atoms with Crippen molar-refractivity contribution >= 4 is 17.6 Å². The molecule has 20 heavy (non-hydrogen) atoms. The number of isocyanates is 1. The summed E-state index contributed by atoms with van der Waals surface area (Å²) >= 11 is 0. The standard InChI is InChI=1S/C16H11NO3/c18-11-17-10-15(19)13-8-4-5-9-14(13)16(20)12-6-2-1-3-7-12/h1-9H,10H2. The first-order chi connectivity index (χ1) is 9.74. The number of benzene rings is 2. The first kappa shape index (κ1) is 13.6. The summed E-state index contributed by atoms with van der Waals surface area (Å²) in [5.41, 5.74) is 1.08. The molecule has 2 rings (SSSR count). The molecule has 4 heteroatoms. The molecular weight excluding hydrogens is 254 g/mol. The van der Waals surface area contributed by atoms with Gasteiger partial charge in [-0.2, -0.15) is 4.99 Å². The van der Waals surface area contributed by atoms with Crippen molar-refractivity contribution in [3.05, 3.63) is 71.3 Å². The van der Waals surface area contributed by atoms with Crippen LogP contribution in [0.5, 0.6) is 0 Å². The molecule has 0 heterocycles. The largest absolute Gasteiger partial charge is 0.292 e. The molecule has 0 amide bonds. The lowest BCUT2D eigenvalue weighted by atomic mass is 9.96. The van der Waals surface area contributed by atoms with Crippen LogP contribution in [0.1, 0.15) is 26.3 Å². The predicted molar refractivity (Wildman–Crippen MR) is 73.6 cm³/mol. The summed E-state index contributed by atoms with van der Waals surface area (Å²) in [5.74, 6) is -0.613. The molecule has 0 radical (unpaired) electrons. The van der Waals surface area contributed by atoms with Gasteiger partial charge in [0.1, 0.15) is 6.54 Å². The fraction of sp³-hybridized carbons (Fsp3) is 0.0625. The molecule has 2 aromatic rings. The average Bonchev–Trinajstić information content (AvgIpc) is 2.52. The zero-order chi connectivity index (χ0) is 14.4. The van der Waals surface area contributed by atoms with Crippen LogP contribution in [0.15, 0.2) is 59.6 Å². The highest BCUT2D eigenvalue weighted by molar-refractivity contribution is 6.16. The Morgan fingerprint density at radius 2 is 1.50 bits per heavy atom. The number of nitrogens with zero attached hydrogens (tertiary/aromatic N) is 1. The van der Waals surface area contributed by atoms with Crippen molar-refractivity contribution in [3.63, 3.8) is 0 Å². The SMILES string of the molecule is O=C=NCC(=O)c1ccccc1C(=O)c1ccccc1. The molecule has 2 aromatic carbocycles. The molecule has 0 fully saturated rings. The Labute approximate surface area is 115 Å². The predicted octanol–water partition coefficient (Wildman–Crippen LogP) is 2.44. The van der Waals surface area contributed by atoms with Gasteiger partial charge in [0.2, 0.25) is 6.08 Å². The molecule has 0 N–H and O–H groups in total. The van der Waals surface area contributed by atoms with Crippen molar-refractivity contribution in [2.75, 3.05) is 6.54 Å². The van der Waals surface area contributed by atoms with Gasteiger partial charge >= 0.3 is 0 Å². The van der Waals surface area contributed by atoms with E-state index in [1.165, 1.54) is 6.08 Å². The smallest absolute Gasteiger partial charge is 0.235 e. The van der Waals surface area contributed by atoms with E-state index in [1.807, 2.05) is 6.07 Å². The summed E-state index contributed by atoms with van der Waals surface area (Å²) in [6.45, 7) is -0.303. The van der Waals surface area contributed by atoms with E-state index >= 15 is 0 Å². The Morgan fingerprint density at radius 3 is 2.15 bits per heavy atom. The van der Waals surface area contributed by atoms with Crippen molar-refractivity contribution in [1.29, 1.82) is 0 Å². The quantitative estimate of drug-likeness (QED) is 0.474. The molecule has 0 aliphatic carbocycles. The summed E-state index contributed by atoms with van der Waals surface area (Å²) in [6, 6.07) is 15.2. The minimum atomic E-state index is -0.381. The summed E-state index contributed by atoms with van der Waals surface area (Å²) in [6.07, 6.45) is 1.32. The molecule has 0 aromatic heterocycles. The Morgan fingerprint density at radius 1 is 0.900 bits per heavy atom. The van der Waals surface area contributed by atoms with Crippen LogP contribution in [-0.2, 0) is 4.79 Å². The maximum Gasteiger partial charge on any atom is 0.235 e. The van der Waals surface area contributed by atoms with Gasteiger partial charge in [-0.05, 0) is 0 Å². The van der Waals surface area contributed by atoms with Gasteiger partial charge in [0.25, 0.3) is 0 Å². The Balaban J connectivity index is 2.40. The monoisotopic (exact) mass is 265 g/mol. The molecule has 0 aliphatic heterocycles. The Hall–Kier alpha value is -2.84. The number of Topliss-reactive ketones (excluding diaryl/α,β-unsaturated/α-hetero) is 1. The van der Waals surface area contributed by atoms with Crippen molar-refractivity contribution in [2.24, 2.45) is 4.99 Å². The molecular formula is C16H11NO3. The minimum Gasteiger partial charge on any atom is -0.292 e. The van der Waals surface area contributed by atoms with Crippen LogP contribution in [-0.4, -0.2) is 24.2 Å². The van der Waals surface area contributed by atoms with Crippen LogP contribution in [0.25, 0.3) is 0 Å². The number of hydrogen-bond acceptors (Lipinski definition) is 4. The second-order valence-electron chi connectivity index (χ2n) is 4.07. The van der Waals surface area contributed by atoms with Crippen molar-refractivity contribution in [3.8, 4) is 0 Å². The van der Waals surface area contributed by atoms with Crippen molar-refractivity contribution < 1.29 is 14.4 Å². The van der Waals surface area contributed by atoms with Crippen LogP contribution < -0.4 is 0 Å². The summed E-state index contributed by atoms with van der Waals surface area (Å²) in [7, 11) is 0. The second kappa shape index (κ2) is 6.36. The van der Waals surface area contributed by atoms with Crippen molar-refractivity contribution in [2.45, 2.75) is 0 Å². The third-order valence-electron chi connectivity index (χ3n) is 2.80. The highest BCUT2D eigenvalue weighted by Gasteiger charge is 2.17. The lowest BCUT2D eigenvalue weighted by molar-refractivity contribution is 0.0982. The molecule has 0 spiro atoms. The molecule has 0 saturated heterocycles. The molecule has 0 unspecified atom stereocenters. The Kier molecular flexibility index (Phi) is 4.32. The van der Waals surface area contributed by atoms with Crippen LogP contribution in [0.2, 0.25) is 0 Å². The van der Waals surface area contributed by atoms with Crippen LogP contribution in [0.4, 0.5) is 0 Å². The van der Waals surface area contributed by atoms with E-state index in [0.29, 0.717) is 11.1 Å². The maximum absolute atomic E-state index is 12.4. The van der Waals surface area contributed by atoms with Crippen LogP contribution in [0, 0.1) is 0 Å². The number of rotatable bonds is 5. The summed E-state index contributed by atoms with van der Waals surface area (Å²) < 4.78 is 0. The average molecular weight is 265 g/mol. The fourth-order valence-electron chi connectivity index (χ4n) is 1.86. The van der Waals surface area contributed by atoms with E-state index < -0.39 is 0 Å². The molecule has 0 atom stereocenters. The lowest BCUT2D eigenvalue weighted by Gasteiger charge is -2.06. The van der Waals surface area contributed by atoms with E-state index in [1.54, 1.807) is 48.5 Å². The highest BCUT2D eigenvalue weighted by atomic mass is 16.1. The topological polar surface area (TPSA) is 63.6 Å². The molecule has 98 valence electrons. The van der Waals surface area contributed by atoms with E-state index in [2.05, 4.69) is 4.99 Å². The fourth-order valence-corrected chi connectivity index (χ4v) is 1.86. The second-order valence-corrected chi connectivity index (χ2v) is 4.07. The van der Waals surface area contributed by atoms with Gasteiger partial charge in [0.15, 0.2) is 11.6 Å². The zero-order valence-electron chi connectivity index (χ0n) is 10.6. The Bertz CT molecular complexity index is 686. The summed E-state index contributed by atoms with van der Waals surface area (Å²) in [4.78, 5) is 37.6. The molecule has 0 saturated carbocycles. The number of aliphatic imine (C=N–C) groups is 1. The molecule has 0 aliphatic rings. The van der Waals surface area contributed by atoms with Gasteiger partial charge in [-0.25, -0.2) is 4.79 Å². The third kappa shape index (κ3) is 2.94. The number of carbonyl (C=O) groups excluding carboxylic acids is 3. The zero-order valence-corrected chi connectivity index (χ0v) is 10.6. The number of carbonyl (C=O) groups is 2. The van der Waals surface area contributed by atoms with E-state index in [9.17, 15) is 14.4 Å². The minimum absolute atomic E-state index is 0.232. The van der Waals surface area contributed by atoms with Crippen LogP contribution >= 0.6 is 0 Å². The van der Waals surface area contributed by atoms with E-state index in [-0.39, 0.29) is 23.7 Å². The first-order valence-corrected chi connectivity index (χ1v) is 5.99. The third-order valence-corrected chi connectivity index (χ3v) is 2.80. The summed E-state index contributed by atoms with van der Waals surface area (Å²) in [5, 5.41) is 0. The normalized spacial score (nSPS) is 9.60. The molecule has 0 bridgehead atoms. The first-order valence-electron chi connectivity index (χ1n) is 5.99. The van der Waals surface area contributed by atoms with Gasteiger partial charge in [0, 0.05) is 16.7 Å². The van der Waals surface area contributed by atoms with Gasteiger partial charge in [-0.3, -0.25) is 9.59 Å². The van der Waals surface area contributed by atoms with Gasteiger partial charge in [-0.15, -0.1) is 0 Å². The van der Waals surface area contributed by atoms with Gasteiger partial charge in [0.05, 0.1) is 0 Å². The van der Waals surface area contributed by atoms with Crippen LogP contribution in [0.3, 0.4) is 0 Å². The highest BCUT2D eigenvalue weighted by Crippen LogP contribution is 2.15. The maximum atomic E-state index is 12.4. The number of hydrogen-bond donors (Lipinski definition) is 0. The van der Waals surface area contributed by atoms with E-state index in [4.69, 9.17) is 0 Å². The van der Waals surface area contributed by atoms with Gasteiger partial charge < -0.3 is 0 Å². The lowest BCUT2D eigenvalue weighted by Crippen LogP contribution is -2.12. The van der Waals surface area contributed by atoms with Crippen molar-refractivity contribution in [1.82, 2.24) is 0 Å². The van der Waals surface area contributed by atoms with E-state index in [0.717, 1.165) is 0 Å². The number of ketones is 2. The molecule has 4 nitrogen and oxygen atoms in total. The van der Waals surface area contributed by atoms with Gasteiger partial charge in [-0.1, -0.05) is 54.6 Å².